The van der Waals surface area contributed by atoms with Crippen molar-refractivity contribution in [3.63, 3.8) is 0 Å². The second-order valence-electron chi connectivity index (χ2n) is 5.75. The number of fused-ring (bicyclic) bond motifs is 1. The lowest BCUT2D eigenvalue weighted by Gasteiger charge is -2.09. The Balaban J connectivity index is 1.55. The van der Waals surface area contributed by atoms with Gasteiger partial charge < -0.3 is 15.4 Å². The molecule has 0 radical (unpaired) electrons. The summed E-state index contributed by atoms with van der Waals surface area (Å²) in [5.41, 5.74) is 1.18. The van der Waals surface area contributed by atoms with E-state index < -0.39 is 0 Å². The van der Waals surface area contributed by atoms with Crippen LogP contribution in [0.1, 0.15) is 17.3 Å². The summed E-state index contributed by atoms with van der Waals surface area (Å²) in [7, 11) is 0. The highest BCUT2D eigenvalue weighted by Crippen LogP contribution is 2.16. The maximum Gasteiger partial charge on any atom is 0.251 e. The summed E-state index contributed by atoms with van der Waals surface area (Å²) >= 11 is 0. The van der Waals surface area contributed by atoms with E-state index in [9.17, 15) is 9.59 Å². The Kier molecular flexibility index (Phi) is 5.49. The van der Waals surface area contributed by atoms with Gasteiger partial charge in [-0.15, -0.1) is 0 Å². The number of amides is 2. The van der Waals surface area contributed by atoms with Crippen molar-refractivity contribution in [1.29, 1.82) is 0 Å². The molecule has 3 rings (SSSR count). The SMILES string of the molecule is CCOc1ccc(NC(=O)CNC(=O)c2ccc3ccccc3c2)cc1. The van der Waals surface area contributed by atoms with E-state index in [1.807, 2.05) is 43.3 Å². The van der Waals surface area contributed by atoms with Crippen molar-refractivity contribution in [2.45, 2.75) is 6.92 Å². The van der Waals surface area contributed by atoms with Gasteiger partial charge in [0.05, 0.1) is 13.2 Å². The van der Waals surface area contributed by atoms with Crippen LogP contribution in [0.2, 0.25) is 0 Å². The van der Waals surface area contributed by atoms with Gasteiger partial charge in [0.1, 0.15) is 5.75 Å². The number of rotatable bonds is 6. The molecule has 26 heavy (non-hydrogen) atoms. The molecule has 5 nitrogen and oxygen atoms in total. The number of ether oxygens (including phenoxy) is 1. The zero-order valence-electron chi connectivity index (χ0n) is 14.5. The molecule has 2 N–H and O–H groups in total. The number of hydrogen-bond acceptors (Lipinski definition) is 3. The number of anilines is 1. The first-order valence-corrected chi connectivity index (χ1v) is 8.45. The van der Waals surface area contributed by atoms with E-state index in [1.165, 1.54) is 0 Å². The maximum atomic E-state index is 12.3. The minimum Gasteiger partial charge on any atom is -0.494 e. The number of carbonyl (C=O) groups excluding carboxylic acids is 2. The predicted octanol–water partition coefficient (Wildman–Crippen LogP) is 3.61. The van der Waals surface area contributed by atoms with Gasteiger partial charge in [-0.2, -0.15) is 0 Å². The minimum absolute atomic E-state index is 0.0983. The summed E-state index contributed by atoms with van der Waals surface area (Å²) in [6, 6.07) is 20.4. The summed E-state index contributed by atoms with van der Waals surface area (Å²) in [6.45, 7) is 2.40. The summed E-state index contributed by atoms with van der Waals surface area (Å²) < 4.78 is 5.35. The average Bonchev–Trinajstić information content (AvgIpc) is 2.67. The number of benzene rings is 3. The van der Waals surface area contributed by atoms with Gasteiger partial charge in [0.25, 0.3) is 5.91 Å². The molecule has 0 aliphatic rings. The summed E-state index contributed by atoms with van der Waals surface area (Å²) in [5, 5.41) is 7.43. The fraction of sp³-hybridized carbons (Fsp3) is 0.143. The van der Waals surface area contributed by atoms with E-state index in [0.29, 0.717) is 17.9 Å². The largest absolute Gasteiger partial charge is 0.494 e. The van der Waals surface area contributed by atoms with Crippen molar-refractivity contribution in [2.24, 2.45) is 0 Å². The van der Waals surface area contributed by atoms with Crippen LogP contribution in [0.5, 0.6) is 5.75 Å². The first-order valence-electron chi connectivity index (χ1n) is 8.45. The van der Waals surface area contributed by atoms with Crippen LogP contribution < -0.4 is 15.4 Å². The molecule has 0 fully saturated rings. The van der Waals surface area contributed by atoms with Crippen LogP contribution in [-0.2, 0) is 4.79 Å². The lowest BCUT2D eigenvalue weighted by molar-refractivity contribution is -0.115. The maximum absolute atomic E-state index is 12.3. The molecule has 0 aromatic heterocycles. The molecule has 0 saturated carbocycles. The second-order valence-corrected chi connectivity index (χ2v) is 5.75. The molecule has 0 spiro atoms. The first-order chi connectivity index (χ1) is 12.7. The van der Waals surface area contributed by atoms with Crippen molar-refractivity contribution in [1.82, 2.24) is 5.32 Å². The van der Waals surface area contributed by atoms with Crippen molar-refractivity contribution >= 4 is 28.3 Å². The van der Waals surface area contributed by atoms with E-state index in [4.69, 9.17) is 4.74 Å². The van der Waals surface area contributed by atoms with Crippen molar-refractivity contribution in [3.8, 4) is 5.75 Å². The first kappa shape index (κ1) is 17.5. The van der Waals surface area contributed by atoms with Gasteiger partial charge in [0.2, 0.25) is 5.91 Å². The van der Waals surface area contributed by atoms with E-state index >= 15 is 0 Å². The van der Waals surface area contributed by atoms with Crippen LogP contribution in [-0.4, -0.2) is 25.0 Å². The number of nitrogens with one attached hydrogen (secondary N) is 2. The van der Waals surface area contributed by atoms with Crippen LogP contribution in [0.15, 0.2) is 66.7 Å². The summed E-state index contributed by atoms with van der Waals surface area (Å²) in [5.74, 6) is 0.177. The summed E-state index contributed by atoms with van der Waals surface area (Å²) in [4.78, 5) is 24.3. The highest BCUT2D eigenvalue weighted by Gasteiger charge is 2.09. The molecule has 0 unspecified atom stereocenters. The van der Waals surface area contributed by atoms with Gasteiger partial charge in [0.15, 0.2) is 0 Å². The van der Waals surface area contributed by atoms with Gasteiger partial charge in [-0.3, -0.25) is 9.59 Å². The zero-order valence-corrected chi connectivity index (χ0v) is 14.5. The quantitative estimate of drug-likeness (QED) is 0.715. The molecule has 2 amide bonds. The summed E-state index contributed by atoms with van der Waals surface area (Å²) in [6.07, 6.45) is 0. The van der Waals surface area contributed by atoms with E-state index in [-0.39, 0.29) is 18.4 Å². The molecule has 132 valence electrons. The normalized spacial score (nSPS) is 10.3. The fourth-order valence-corrected chi connectivity index (χ4v) is 2.60. The molecular formula is C21H20N2O3. The van der Waals surface area contributed by atoms with Crippen LogP contribution in [0.25, 0.3) is 10.8 Å². The topological polar surface area (TPSA) is 67.4 Å². The molecular weight excluding hydrogens is 328 g/mol. The van der Waals surface area contributed by atoms with Gasteiger partial charge in [-0.25, -0.2) is 0 Å². The lowest BCUT2D eigenvalue weighted by Crippen LogP contribution is -2.32. The van der Waals surface area contributed by atoms with Gasteiger partial charge in [0, 0.05) is 11.3 Å². The monoisotopic (exact) mass is 348 g/mol. The van der Waals surface area contributed by atoms with Crippen molar-refractivity contribution < 1.29 is 14.3 Å². The Morgan fingerprint density at radius 2 is 1.65 bits per heavy atom. The molecule has 0 heterocycles. The Labute approximate surface area is 152 Å². The van der Waals surface area contributed by atoms with Crippen LogP contribution in [0.4, 0.5) is 5.69 Å². The molecule has 0 atom stereocenters. The number of hydrogen-bond donors (Lipinski definition) is 2. The Hall–Kier alpha value is -3.34. The van der Waals surface area contributed by atoms with Crippen molar-refractivity contribution in [3.05, 3.63) is 72.3 Å². The third-order valence-electron chi connectivity index (χ3n) is 3.87. The van der Waals surface area contributed by atoms with E-state index in [1.54, 1.807) is 30.3 Å². The average molecular weight is 348 g/mol. The third-order valence-corrected chi connectivity index (χ3v) is 3.87. The molecule has 0 aliphatic heterocycles. The smallest absolute Gasteiger partial charge is 0.251 e. The third kappa shape index (κ3) is 4.39. The number of carbonyl (C=O) groups is 2. The van der Waals surface area contributed by atoms with Gasteiger partial charge >= 0.3 is 0 Å². The molecule has 0 bridgehead atoms. The molecule has 5 heteroatoms. The lowest BCUT2D eigenvalue weighted by atomic mass is 10.1. The molecule has 0 aliphatic carbocycles. The molecule has 3 aromatic rings. The van der Waals surface area contributed by atoms with Crippen LogP contribution in [0.3, 0.4) is 0 Å². The van der Waals surface area contributed by atoms with Crippen LogP contribution in [0, 0.1) is 0 Å². The standard InChI is InChI=1S/C21H20N2O3/c1-2-26-19-11-9-18(10-12-19)23-20(24)14-22-21(25)17-8-7-15-5-3-4-6-16(15)13-17/h3-13H,2,14H2,1H3,(H,22,25)(H,23,24). The van der Waals surface area contributed by atoms with E-state index in [0.717, 1.165) is 16.5 Å². The Morgan fingerprint density at radius 1 is 0.923 bits per heavy atom. The zero-order chi connectivity index (χ0) is 18.4. The van der Waals surface area contributed by atoms with Crippen LogP contribution >= 0.6 is 0 Å². The predicted molar refractivity (Wildman–Crippen MR) is 103 cm³/mol. The fourth-order valence-electron chi connectivity index (χ4n) is 2.60. The minimum atomic E-state index is -0.289. The van der Waals surface area contributed by atoms with Gasteiger partial charge in [-0.1, -0.05) is 30.3 Å². The molecule has 0 saturated heterocycles. The Morgan fingerprint density at radius 3 is 2.38 bits per heavy atom. The van der Waals surface area contributed by atoms with Crippen molar-refractivity contribution in [2.75, 3.05) is 18.5 Å². The van der Waals surface area contributed by atoms with Gasteiger partial charge in [-0.05, 0) is 54.1 Å². The van der Waals surface area contributed by atoms with E-state index in [2.05, 4.69) is 10.6 Å². The molecule has 3 aromatic carbocycles. The highest BCUT2D eigenvalue weighted by molar-refractivity contribution is 6.01. The Bertz CT molecular complexity index is 920. The highest BCUT2D eigenvalue weighted by atomic mass is 16.5. The second kappa shape index (κ2) is 8.16.